The summed E-state index contributed by atoms with van der Waals surface area (Å²) < 4.78 is 0. The zero-order valence-electron chi connectivity index (χ0n) is 18.2. The Balaban J connectivity index is 1.43. The van der Waals surface area contributed by atoms with Crippen molar-refractivity contribution in [1.29, 1.82) is 0 Å². The van der Waals surface area contributed by atoms with Crippen molar-refractivity contribution in [2.24, 2.45) is 0 Å². The number of nitrogens with one attached hydrogen (secondary N) is 1. The van der Waals surface area contributed by atoms with Gasteiger partial charge in [0.05, 0.1) is 22.5 Å². The van der Waals surface area contributed by atoms with Crippen molar-refractivity contribution < 1.29 is 9.59 Å². The normalized spacial score (nSPS) is 15.4. The molecule has 1 saturated heterocycles. The Kier molecular flexibility index (Phi) is 7.22. The quantitative estimate of drug-likeness (QED) is 0.506. The van der Waals surface area contributed by atoms with Crippen molar-refractivity contribution in [3.63, 3.8) is 0 Å². The number of thiazole rings is 1. The van der Waals surface area contributed by atoms with E-state index in [1.54, 1.807) is 18.3 Å². The molecule has 32 heavy (non-hydrogen) atoms. The van der Waals surface area contributed by atoms with E-state index in [0.29, 0.717) is 10.6 Å². The maximum absolute atomic E-state index is 13.1. The first kappa shape index (κ1) is 22.5. The highest BCUT2D eigenvalue weighted by atomic mass is 32.2. The molecule has 3 aromatic rings. The van der Waals surface area contributed by atoms with Crippen molar-refractivity contribution in [3.8, 4) is 11.3 Å². The highest BCUT2D eigenvalue weighted by Gasteiger charge is 2.26. The second kappa shape index (κ2) is 10.3. The number of pyridine rings is 1. The summed E-state index contributed by atoms with van der Waals surface area (Å²) in [4.78, 5) is 36.7. The molecule has 0 spiro atoms. The molecule has 1 aliphatic heterocycles. The van der Waals surface area contributed by atoms with E-state index in [1.165, 1.54) is 23.1 Å². The third kappa shape index (κ3) is 5.19. The molecule has 1 aromatic carbocycles. The number of amides is 2. The molecule has 166 valence electrons. The van der Waals surface area contributed by atoms with E-state index >= 15 is 0 Å². The molecule has 8 heteroatoms. The summed E-state index contributed by atoms with van der Waals surface area (Å²) in [5.74, 6) is -0.112. The maximum atomic E-state index is 13.1. The second-order valence-electron chi connectivity index (χ2n) is 7.78. The first-order valence-electron chi connectivity index (χ1n) is 10.7. The molecule has 1 aliphatic rings. The lowest BCUT2D eigenvalue weighted by Crippen LogP contribution is -2.34. The van der Waals surface area contributed by atoms with Crippen molar-refractivity contribution >= 4 is 34.9 Å². The van der Waals surface area contributed by atoms with Gasteiger partial charge >= 0.3 is 0 Å². The second-order valence-corrected chi connectivity index (χ2v) is 10.00. The average Bonchev–Trinajstić information content (AvgIpc) is 3.52. The van der Waals surface area contributed by atoms with Gasteiger partial charge in [0.15, 0.2) is 0 Å². The molecule has 1 N–H and O–H groups in total. The lowest BCUT2D eigenvalue weighted by Gasteiger charge is -2.20. The van der Waals surface area contributed by atoms with Crippen LogP contribution in [0.1, 0.15) is 48.1 Å². The zero-order chi connectivity index (χ0) is 22.5. The number of thioether (sulfide) groups is 1. The summed E-state index contributed by atoms with van der Waals surface area (Å²) in [6.45, 7) is 5.43. The minimum Gasteiger partial charge on any atom is -0.343 e. The van der Waals surface area contributed by atoms with E-state index in [9.17, 15) is 9.59 Å². The highest BCUT2D eigenvalue weighted by molar-refractivity contribution is 8.00. The van der Waals surface area contributed by atoms with Crippen molar-refractivity contribution in [3.05, 3.63) is 64.6 Å². The van der Waals surface area contributed by atoms with Gasteiger partial charge in [-0.3, -0.25) is 9.59 Å². The first-order valence-corrected chi connectivity index (χ1v) is 12.5. The van der Waals surface area contributed by atoms with Crippen LogP contribution in [0.5, 0.6) is 0 Å². The van der Waals surface area contributed by atoms with Crippen LogP contribution in [0, 0.1) is 0 Å². The summed E-state index contributed by atoms with van der Waals surface area (Å²) in [7, 11) is 0. The molecule has 3 heterocycles. The number of hydrogen-bond acceptors (Lipinski definition) is 6. The molecule has 1 fully saturated rings. The van der Waals surface area contributed by atoms with Crippen LogP contribution >= 0.6 is 23.1 Å². The maximum Gasteiger partial charge on any atom is 0.254 e. The summed E-state index contributed by atoms with van der Waals surface area (Å²) in [5, 5.41) is 6.16. The van der Waals surface area contributed by atoms with Crippen molar-refractivity contribution in [1.82, 2.24) is 20.2 Å². The van der Waals surface area contributed by atoms with Gasteiger partial charge in [-0.2, -0.15) is 0 Å². The molecule has 6 nitrogen and oxygen atoms in total. The van der Waals surface area contributed by atoms with E-state index < -0.39 is 0 Å². The lowest BCUT2D eigenvalue weighted by atomic mass is 10.2. The number of nitrogens with zero attached hydrogens (tertiary/aromatic N) is 3. The minimum atomic E-state index is -0.292. The Morgan fingerprint density at radius 3 is 2.59 bits per heavy atom. The SMILES string of the molecule is CC(Sc1ncccc1C(=O)NC(C)c1nc(-c2ccccc2)cs1)C(=O)N1CCCC1. The fraction of sp³-hybridized carbons (Fsp3) is 0.333. The molecule has 0 aliphatic carbocycles. The summed E-state index contributed by atoms with van der Waals surface area (Å²) in [5.41, 5.74) is 2.43. The standard InChI is InChI=1S/C24H26N4O2S2/c1-16(22-27-20(15-31-22)18-9-4-3-5-10-18)26-21(29)19-11-8-12-25-23(19)32-17(2)24(30)28-13-6-7-14-28/h3-5,8-12,15-17H,6-7,13-14H2,1-2H3,(H,26,29). The van der Waals surface area contributed by atoms with Crippen LogP contribution in [0.25, 0.3) is 11.3 Å². The van der Waals surface area contributed by atoms with Crippen LogP contribution in [-0.2, 0) is 4.79 Å². The monoisotopic (exact) mass is 466 g/mol. The van der Waals surface area contributed by atoms with E-state index in [1.807, 2.05) is 54.5 Å². The molecular formula is C24H26N4O2S2. The molecule has 0 radical (unpaired) electrons. The van der Waals surface area contributed by atoms with Crippen LogP contribution in [0.15, 0.2) is 59.1 Å². The van der Waals surface area contributed by atoms with Crippen LogP contribution < -0.4 is 5.32 Å². The van der Waals surface area contributed by atoms with Crippen LogP contribution in [0.3, 0.4) is 0 Å². The van der Waals surface area contributed by atoms with Gasteiger partial charge in [-0.05, 0) is 38.8 Å². The molecule has 0 bridgehead atoms. The Bertz CT molecular complexity index is 1080. The molecule has 2 aromatic heterocycles. The van der Waals surface area contributed by atoms with Gasteiger partial charge in [0.2, 0.25) is 5.91 Å². The van der Waals surface area contributed by atoms with Crippen LogP contribution in [0.2, 0.25) is 0 Å². The number of benzene rings is 1. The van der Waals surface area contributed by atoms with Crippen molar-refractivity contribution in [2.45, 2.75) is 43.0 Å². The minimum absolute atomic E-state index is 0.106. The van der Waals surface area contributed by atoms with Crippen LogP contribution in [-0.4, -0.2) is 45.0 Å². The number of aromatic nitrogens is 2. The fourth-order valence-corrected chi connectivity index (χ4v) is 5.46. The third-order valence-electron chi connectivity index (χ3n) is 5.38. The predicted octanol–water partition coefficient (Wildman–Crippen LogP) is 4.80. The molecule has 2 amide bonds. The first-order chi connectivity index (χ1) is 15.5. The lowest BCUT2D eigenvalue weighted by molar-refractivity contribution is -0.129. The molecular weight excluding hydrogens is 440 g/mol. The van der Waals surface area contributed by atoms with Gasteiger partial charge in [0.1, 0.15) is 10.0 Å². The fourth-order valence-electron chi connectivity index (χ4n) is 3.63. The predicted molar refractivity (Wildman–Crippen MR) is 129 cm³/mol. The van der Waals surface area contributed by atoms with E-state index in [0.717, 1.165) is 42.2 Å². The Hall–Kier alpha value is -2.71. The van der Waals surface area contributed by atoms with Gasteiger partial charge in [-0.15, -0.1) is 11.3 Å². The number of carbonyl (C=O) groups is 2. The number of likely N-dealkylation sites (tertiary alicyclic amines) is 1. The van der Waals surface area contributed by atoms with Gasteiger partial charge < -0.3 is 10.2 Å². The molecule has 2 unspecified atom stereocenters. The van der Waals surface area contributed by atoms with E-state index in [-0.39, 0.29) is 23.1 Å². The number of rotatable bonds is 7. The Morgan fingerprint density at radius 1 is 1.09 bits per heavy atom. The number of carbonyl (C=O) groups excluding carboxylic acids is 2. The summed E-state index contributed by atoms with van der Waals surface area (Å²) in [6.07, 6.45) is 3.77. The molecule has 0 saturated carbocycles. The van der Waals surface area contributed by atoms with E-state index in [4.69, 9.17) is 4.98 Å². The topological polar surface area (TPSA) is 75.2 Å². The summed E-state index contributed by atoms with van der Waals surface area (Å²) >= 11 is 2.87. The van der Waals surface area contributed by atoms with Crippen LogP contribution in [0.4, 0.5) is 0 Å². The van der Waals surface area contributed by atoms with E-state index in [2.05, 4.69) is 10.3 Å². The average molecular weight is 467 g/mol. The third-order valence-corrected chi connectivity index (χ3v) is 7.51. The largest absolute Gasteiger partial charge is 0.343 e. The Morgan fingerprint density at radius 2 is 1.84 bits per heavy atom. The zero-order valence-corrected chi connectivity index (χ0v) is 19.8. The molecule has 4 rings (SSSR count). The van der Waals surface area contributed by atoms with Gasteiger partial charge in [-0.25, -0.2) is 9.97 Å². The Labute approximate surface area is 196 Å². The highest BCUT2D eigenvalue weighted by Crippen LogP contribution is 2.28. The molecule has 2 atom stereocenters. The van der Waals surface area contributed by atoms with Gasteiger partial charge in [0, 0.05) is 30.2 Å². The van der Waals surface area contributed by atoms with Crippen molar-refractivity contribution in [2.75, 3.05) is 13.1 Å². The number of hydrogen-bond donors (Lipinski definition) is 1. The smallest absolute Gasteiger partial charge is 0.254 e. The van der Waals surface area contributed by atoms with Gasteiger partial charge in [0.25, 0.3) is 5.91 Å². The summed E-state index contributed by atoms with van der Waals surface area (Å²) in [6, 6.07) is 13.2. The van der Waals surface area contributed by atoms with Gasteiger partial charge in [-0.1, -0.05) is 42.1 Å².